The van der Waals surface area contributed by atoms with E-state index in [2.05, 4.69) is 38.0 Å². The van der Waals surface area contributed by atoms with Crippen LogP contribution in [0.5, 0.6) is 5.75 Å². The zero-order chi connectivity index (χ0) is 15.5. The highest BCUT2D eigenvalue weighted by Crippen LogP contribution is 2.39. The van der Waals surface area contributed by atoms with Crippen LogP contribution in [0.15, 0.2) is 24.3 Å². The van der Waals surface area contributed by atoms with E-state index in [1.54, 1.807) is 12.1 Å². The fraction of sp³-hybridized carbons (Fsp3) is 0.667. The monoisotopic (exact) mass is 290 g/mol. The Morgan fingerprint density at radius 2 is 1.95 bits per heavy atom. The molecule has 1 saturated carbocycles. The summed E-state index contributed by atoms with van der Waals surface area (Å²) in [5.41, 5.74) is 1.62. The first-order valence-corrected chi connectivity index (χ1v) is 8.15. The van der Waals surface area contributed by atoms with E-state index >= 15 is 0 Å². The van der Waals surface area contributed by atoms with Crippen molar-refractivity contribution in [3.05, 3.63) is 24.3 Å². The van der Waals surface area contributed by atoms with Crippen molar-refractivity contribution in [1.29, 1.82) is 0 Å². The molecule has 2 unspecified atom stereocenters. The van der Waals surface area contributed by atoms with Crippen LogP contribution in [-0.4, -0.2) is 31.3 Å². The van der Waals surface area contributed by atoms with Crippen molar-refractivity contribution >= 4 is 5.69 Å². The number of anilines is 1. The Hall–Kier alpha value is -1.22. The number of rotatable bonds is 5. The Kier molecular flexibility index (Phi) is 5.15. The maximum atomic E-state index is 9.41. The average Bonchev–Trinajstić information content (AvgIpc) is 2.42. The average molecular weight is 290 g/mol. The molecular weight excluding hydrogens is 260 g/mol. The third kappa shape index (κ3) is 4.37. The first-order chi connectivity index (χ1) is 9.91. The lowest BCUT2D eigenvalue weighted by atomic mass is 9.69. The Morgan fingerprint density at radius 3 is 2.57 bits per heavy atom. The summed E-state index contributed by atoms with van der Waals surface area (Å²) in [6, 6.07) is 8.14. The number of nitrogens with one attached hydrogen (secondary N) is 1. The summed E-state index contributed by atoms with van der Waals surface area (Å²) in [7, 11) is 2.15. The van der Waals surface area contributed by atoms with Crippen LogP contribution in [0.2, 0.25) is 0 Å². The van der Waals surface area contributed by atoms with Crippen LogP contribution in [0.1, 0.15) is 40.0 Å². The van der Waals surface area contributed by atoms with Gasteiger partial charge in [-0.2, -0.15) is 0 Å². The fourth-order valence-corrected chi connectivity index (χ4v) is 3.62. The molecule has 2 atom stereocenters. The van der Waals surface area contributed by atoms with Crippen molar-refractivity contribution in [2.45, 2.75) is 46.1 Å². The minimum atomic E-state index is 0.330. The van der Waals surface area contributed by atoms with Crippen LogP contribution in [0.3, 0.4) is 0 Å². The minimum Gasteiger partial charge on any atom is -0.508 e. The number of benzene rings is 1. The lowest BCUT2D eigenvalue weighted by Crippen LogP contribution is -2.47. The molecule has 118 valence electrons. The quantitative estimate of drug-likeness (QED) is 0.869. The van der Waals surface area contributed by atoms with Gasteiger partial charge in [0.1, 0.15) is 5.75 Å². The van der Waals surface area contributed by atoms with Crippen molar-refractivity contribution in [2.75, 3.05) is 25.0 Å². The van der Waals surface area contributed by atoms with Crippen LogP contribution >= 0.6 is 0 Å². The van der Waals surface area contributed by atoms with Crippen LogP contribution in [-0.2, 0) is 0 Å². The molecule has 2 N–H and O–H groups in total. The zero-order valence-electron chi connectivity index (χ0n) is 13.9. The Morgan fingerprint density at radius 1 is 1.29 bits per heavy atom. The molecule has 0 saturated heterocycles. The summed E-state index contributed by atoms with van der Waals surface area (Å²) in [5, 5.41) is 13.1. The van der Waals surface area contributed by atoms with Gasteiger partial charge in [0.15, 0.2) is 0 Å². The van der Waals surface area contributed by atoms with Crippen LogP contribution in [0.25, 0.3) is 0 Å². The van der Waals surface area contributed by atoms with Gasteiger partial charge in [-0.15, -0.1) is 0 Å². The molecule has 0 bridgehead atoms. The summed E-state index contributed by atoms with van der Waals surface area (Å²) in [6.45, 7) is 9.09. The van der Waals surface area contributed by atoms with Crippen molar-refractivity contribution in [2.24, 2.45) is 11.3 Å². The predicted molar refractivity (Wildman–Crippen MR) is 90.0 cm³/mol. The van der Waals surface area contributed by atoms with E-state index in [0.29, 0.717) is 23.1 Å². The SMILES string of the molecule is CCNC1CCC(C)(C)CC1CN(C)c1ccc(O)cc1. The van der Waals surface area contributed by atoms with E-state index in [4.69, 9.17) is 0 Å². The molecule has 0 spiro atoms. The fourth-order valence-electron chi connectivity index (χ4n) is 3.62. The maximum Gasteiger partial charge on any atom is 0.115 e. The van der Waals surface area contributed by atoms with E-state index < -0.39 is 0 Å². The van der Waals surface area contributed by atoms with Gasteiger partial charge >= 0.3 is 0 Å². The number of phenolic OH excluding ortho intramolecular Hbond substituents is 1. The third-order valence-electron chi connectivity index (χ3n) is 4.78. The van der Waals surface area contributed by atoms with Gasteiger partial charge in [0, 0.05) is 25.3 Å². The molecule has 0 radical (unpaired) electrons. The second-order valence-electron chi connectivity index (χ2n) is 7.23. The van der Waals surface area contributed by atoms with Gasteiger partial charge in [0.05, 0.1) is 0 Å². The summed E-state index contributed by atoms with van der Waals surface area (Å²) < 4.78 is 0. The molecule has 0 heterocycles. The highest BCUT2D eigenvalue weighted by atomic mass is 16.3. The third-order valence-corrected chi connectivity index (χ3v) is 4.78. The molecule has 1 aliphatic carbocycles. The lowest BCUT2D eigenvalue weighted by Gasteiger charge is -2.43. The van der Waals surface area contributed by atoms with Gasteiger partial charge in [0.25, 0.3) is 0 Å². The normalized spacial score (nSPS) is 24.8. The summed E-state index contributed by atoms with van der Waals surface area (Å²) in [6.07, 6.45) is 3.85. The maximum absolute atomic E-state index is 9.41. The van der Waals surface area contributed by atoms with E-state index in [-0.39, 0.29) is 0 Å². The second-order valence-corrected chi connectivity index (χ2v) is 7.23. The zero-order valence-corrected chi connectivity index (χ0v) is 13.9. The standard InChI is InChI=1S/C18H30N2O/c1-5-19-17-10-11-18(2,3)12-14(17)13-20(4)15-6-8-16(21)9-7-15/h6-9,14,17,19,21H,5,10-13H2,1-4H3. The number of hydrogen-bond donors (Lipinski definition) is 2. The molecule has 1 aromatic rings. The molecule has 0 amide bonds. The van der Waals surface area contributed by atoms with E-state index in [0.717, 1.165) is 13.1 Å². The van der Waals surface area contributed by atoms with E-state index in [9.17, 15) is 5.11 Å². The number of aromatic hydroxyl groups is 1. The Labute approximate surface area is 129 Å². The van der Waals surface area contributed by atoms with E-state index in [1.807, 2.05) is 12.1 Å². The number of phenols is 1. The first kappa shape index (κ1) is 16.2. The van der Waals surface area contributed by atoms with Crippen molar-refractivity contribution in [1.82, 2.24) is 5.32 Å². The summed E-state index contributed by atoms with van der Waals surface area (Å²) >= 11 is 0. The predicted octanol–water partition coefficient (Wildman–Crippen LogP) is 3.63. The van der Waals surface area contributed by atoms with Crippen molar-refractivity contribution in [3.63, 3.8) is 0 Å². The second kappa shape index (κ2) is 6.69. The first-order valence-electron chi connectivity index (χ1n) is 8.15. The van der Waals surface area contributed by atoms with Crippen LogP contribution in [0.4, 0.5) is 5.69 Å². The molecule has 1 aliphatic rings. The van der Waals surface area contributed by atoms with Gasteiger partial charge in [0.2, 0.25) is 0 Å². The molecule has 1 aromatic carbocycles. The van der Waals surface area contributed by atoms with Gasteiger partial charge in [-0.05, 0) is 61.4 Å². The summed E-state index contributed by atoms with van der Waals surface area (Å²) in [5.74, 6) is 1.00. The lowest BCUT2D eigenvalue weighted by molar-refractivity contribution is 0.143. The largest absolute Gasteiger partial charge is 0.508 e. The van der Waals surface area contributed by atoms with Crippen molar-refractivity contribution in [3.8, 4) is 5.75 Å². The molecule has 0 aliphatic heterocycles. The van der Waals surface area contributed by atoms with E-state index in [1.165, 1.54) is 24.9 Å². The topological polar surface area (TPSA) is 35.5 Å². The number of nitrogens with zero attached hydrogens (tertiary/aromatic N) is 1. The van der Waals surface area contributed by atoms with Gasteiger partial charge in [-0.25, -0.2) is 0 Å². The van der Waals surface area contributed by atoms with Crippen molar-refractivity contribution < 1.29 is 5.11 Å². The molecule has 1 fully saturated rings. The minimum absolute atomic E-state index is 0.330. The summed E-state index contributed by atoms with van der Waals surface area (Å²) in [4.78, 5) is 2.32. The molecular formula is C18H30N2O. The van der Waals surface area contributed by atoms with Gasteiger partial charge < -0.3 is 15.3 Å². The molecule has 2 rings (SSSR count). The van der Waals surface area contributed by atoms with Crippen LogP contribution in [0, 0.1) is 11.3 Å². The Bertz CT molecular complexity index is 441. The van der Waals surface area contributed by atoms with Gasteiger partial charge in [-0.3, -0.25) is 0 Å². The number of hydrogen-bond acceptors (Lipinski definition) is 3. The molecule has 0 aromatic heterocycles. The highest BCUT2D eigenvalue weighted by Gasteiger charge is 2.34. The Balaban J connectivity index is 2.04. The molecule has 21 heavy (non-hydrogen) atoms. The van der Waals surface area contributed by atoms with Crippen LogP contribution < -0.4 is 10.2 Å². The highest BCUT2D eigenvalue weighted by molar-refractivity contribution is 5.48. The van der Waals surface area contributed by atoms with Gasteiger partial charge in [-0.1, -0.05) is 20.8 Å². The molecule has 3 nitrogen and oxygen atoms in total. The molecule has 3 heteroatoms. The smallest absolute Gasteiger partial charge is 0.115 e.